The number of carbonyl (C=O) groups is 2. The third-order valence-electron chi connectivity index (χ3n) is 3.69. The number of rotatable bonds is 2. The van der Waals surface area contributed by atoms with Gasteiger partial charge in [0.1, 0.15) is 0 Å². The maximum atomic E-state index is 12.0. The van der Waals surface area contributed by atoms with Crippen molar-refractivity contribution in [2.24, 2.45) is 5.92 Å². The zero-order chi connectivity index (χ0) is 11.7. The number of hydrogen-bond donors (Lipinski definition) is 1. The minimum absolute atomic E-state index is 0.00866. The van der Waals surface area contributed by atoms with Gasteiger partial charge in [0.25, 0.3) is 0 Å². The molecule has 1 heterocycles. The Balaban J connectivity index is 2.05. The van der Waals surface area contributed by atoms with E-state index < -0.39 is 0 Å². The molecule has 2 rings (SSSR count). The third-order valence-corrected chi connectivity index (χ3v) is 3.69. The Morgan fingerprint density at radius 3 is 2.38 bits per heavy atom. The highest BCUT2D eigenvalue weighted by Crippen LogP contribution is 2.26. The van der Waals surface area contributed by atoms with Crippen LogP contribution in [0.2, 0.25) is 0 Å². The zero-order valence-corrected chi connectivity index (χ0v) is 10.0. The lowest BCUT2D eigenvalue weighted by Gasteiger charge is -2.36. The first-order chi connectivity index (χ1) is 7.59. The van der Waals surface area contributed by atoms with Gasteiger partial charge in [-0.2, -0.15) is 0 Å². The average Bonchev–Trinajstić information content (AvgIpc) is 2.69. The Morgan fingerprint density at radius 1 is 1.25 bits per heavy atom. The first kappa shape index (κ1) is 11.4. The average molecular weight is 224 g/mol. The van der Waals surface area contributed by atoms with E-state index in [1.54, 1.807) is 0 Å². The van der Waals surface area contributed by atoms with E-state index in [1.165, 1.54) is 4.90 Å². The molecule has 1 atom stereocenters. The van der Waals surface area contributed by atoms with Gasteiger partial charge in [-0.25, -0.2) is 4.79 Å². The van der Waals surface area contributed by atoms with Crippen LogP contribution in [0.25, 0.3) is 0 Å². The van der Waals surface area contributed by atoms with Gasteiger partial charge in [-0.05, 0) is 18.8 Å². The molecule has 0 bridgehead atoms. The molecule has 1 aliphatic heterocycles. The van der Waals surface area contributed by atoms with E-state index in [1.807, 2.05) is 13.8 Å². The van der Waals surface area contributed by atoms with E-state index in [4.69, 9.17) is 0 Å². The normalized spacial score (nSPS) is 27.7. The fraction of sp³-hybridized carbons (Fsp3) is 0.833. The Labute approximate surface area is 96.4 Å². The molecule has 4 heteroatoms. The molecule has 90 valence electrons. The van der Waals surface area contributed by atoms with E-state index in [-0.39, 0.29) is 24.0 Å². The second-order valence-corrected chi connectivity index (χ2v) is 5.21. The van der Waals surface area contributed by atoms with Crippen LogP contribution in [0.5, 0.6) is 0 Å². The SMILES string of the molecule is CC(C)C1CC(=O)N(C2CCCC2)C(=O)N1. The quantitative estimate of drug-likeness (QED) is 0.778. The number of amides is 3. The van der Waals surface area contributed by atoms with Gasteiger partial charge < -0.3 is 5.32 Å². The van der Waals surface area contributed by atoms with Gasteiger partial charge in [0.2, 0.25) is 5.91 Å². The number of hydrogen-bond acceptors (Lipinski definition) is 2. The number of urea groups is 1. The summed E-state index contributed by atoms with van der Waals surface area (Å²) in [7, 11) is 0. The molecule has 1 N–H and O–H groups in total. The van der Waals surface area contributed by atoms with Gasteiger partial charge >= 0.3 is 6.03 Å². The number of carbonyl (C=O) groups excluding carboxylic acids is 2. The second kappa shape index (κ2) is 4.44. The third kappa shape index (κ3) is 2.06. The highest BCUT2D eigenvalue weighted by molar-refractivity contribution is 5.97. The molecule has 0 aromatic rings. The minimum atomic E-state index is -0.179. The minimum Gasteiger partial charge on any atom is -0.334 e. The molecular weight excluding hydrogens is 204 g/mol. The molecule has 2 aliphatic rings. The molecule has 2 fully saturated rings. The van der Waals surface area contributed by atoms with Crippen molar-refractivity contribution in [1.82, 2.24) is 10.2 Å². The standard InChI is InChI=1S/C12H20N2O2/c1-8(2)10-7-11(15)14(12(16)13-10)9-5-3-4-6-9/h8-10H,3-7H2,1-2H3,(H,13,16). The predicted molar refractivity (Wildman–Crippen MR) is 60.9 cm³/mol. The van der Waals surface area contributed by atoms with Gasteiger partial charge in [0.05, 0.1) is 0 Å². The highest BCUT2D eigenvalue weighted by atomic mass is 16.2. The Bertz CT molecular complexity index is 277. The van der Waals surface area contributed by atoms with Crippen molar-refractivity contribution in [2.45, 2.75) is 58.0 Å². The van der Waals surface area contributed by atoms with Crippen molar-refractivity contribution in [3.8, 4) is 0 Å². The first-order valence-corrected chi connectivity index (χ1v) is 6.22. The molecule has 1 saturated heterocycles. The van der Waals surface area contributed by atoms with Gasteiger partial charge in [-0.1, -0.05) is 26.7 Å². The van der Waals surface area contributed by atoms with Crippen LogP contribution in [-0.4, -0.2) is 28.9 Å². The molecule has 1 saturated carbocycles. The van der Waals surface area contributed by atoms with Gasteiger partial charge in [0.15, 0.2) is 0 Å². The van der Waals surface area contributed by atoms with Crippen LogP contribution < -0.4 is 5.32 Å². The molecule has 0 radical (unpaired) electrons. The molecule has 0 aromatic heterocycles. The molecule has 1 unspecified atom stereocenters. The summed E-state index contributed by atoms with van der Waals surface area (Å²) in [4.78, 5) is 25.3. The van der Waals surface area contributed by atoms with Crippen LogP contribution in [-0.2, 0) is 4.79 Å². The lowest BCUT2D eigenvalue weighted by atomic mass is 9.98. The summed E-state index contributed by atoms with van der Waals surface area (Å²) < 4.78 is 0. The summed E-state index contributed by atoms with van der Waals surface area (Å²) in [6.07, 6.45) is 4.68. The summed E-state index contributed by atoms with van der Waals surface area (Å²) in [5.74, 6) is 0.327. The summed E-state index contributed by atoms with van der Waals surface area (Å²) in [5, 5.41) is 2.94. The predicted octanol–water partition coefficient (Wildman–Crippen LogP) is 1.90. The fourth-order valence-corrected chi connectivity index (χ4v) is 2.61. The number of nitrogens with one attached hydrogen (secondary N) is 1. The largest absolute Gasteiger partial charge is 0.334 e. The van der Waals surface area contributed by atoms with E-state index in [9.17, 15) is 9.59 Å². The van der Waals surface area contributed by atoms with Crippen LogP contribution >= 0.6 is 0 Å². The molecule has 0 spiro atoms. The van der Waals surface area contributed by atoms with Gasteiger partial charge in [0, 0.05) is 18.5 Å². The zero-order valence-electron chi connectivity index (χ0n) is 10.0. The van der Waals surface area contributed by atoms with Crippen molar-refractivity contribution >= 4 is 11.9 Å². The number of imide groups is 1. The van der Waals surface area contributed by atoms with Crippen molar-refractivity contribution < 1.29 is 9.59 Å². The summed E-state index contributed by atoms with van der Waals surface area (Å²) >= 11 is 0. The summed E-state index contributed by atoms with van der Waals surface area (Å²) in [5.41, 5.74) is 0. The molecular formula is C12H20N2O2. The fourth-order valence-electron chi connectivity index (χ4n) is 2.61. The highest BCUT2D eigenvalue weighted by Gasteiger charge is 2.38. The summed E-state index contributed by atoms with van der Waals surface area (Å²) in [6.45, 7) is 4.06. The maximum Gasteiger partial charge on any atom is 0.324 e. The van der Waals surface area contributed by atoms with E-state index in [2.05, 4.69) is 5.32 Å². The van der Waals surface area contributed by atoms with Crippen LogP contribution in [0.3, 0.4) is 0 Å². The van der Waals surface area contributed by atoms with Crippen LogP contribution in [0.1, 0.15) is 46.0 Å². The van der Waals surface area contributed by atoms with Crippen LogP contribution in [0, 0.1) is 5.92 Å². The molecule has 3 amide bonds. The Morgan fingerprint density at radius 2 is 1.88 bits per heavy atom. The van der Waals surface area contributed by atoms with Crippen molar-refractivity contribution in [3.63, 3.8) is 0 Å². The lowest BCUT2D eigenvalue weighted by molar-refractivity contribution is -0.132. The monoisotopic (exact) mass is 224 g/mol. The Kier molecular flexibility index (Phi) is 3.17. The van der Waals surface area contributed by atoms with E-state index >= 15 is 0 Å². The van der Waals surface area contributed by atoms with Crippen molar-refractivity contribution in [1.29, 1.82) is 0 Å². The topological polar surface area (TPSA) is 49.4 Å². The number of nitrogens with zero attached hydrogens (tertiary/aromatic N) is 1. The van der Waals surface area contributed by atoms with Gasteiger partial charge in [-0.15, -0.1) is 0 Å². The molecule has 16 heavy (non-hydrogen) atoms. The van der Waals surface area contributed by atoms with Crippen molar-refractivity contribution in [3.05, 3.63) is 0 Å². The van der Waals surface area contributed by atoms with Crippen LogP contribution in [0.15, 0.2) is 0 Å². The second-order valence-electron chi connectivity index (χ2n) is 5.21. The van der Waals surface area contributed by atoms with E-state index in [0.29, 0.717) is 12.3 Å². The molecule has 1 aliphatic carbocycles. The van der Waals surface area contributed by atoms with Crippen LogP contribution in [0.4, 0.5) is 4.79 Å². The molecule has 4 nitrogen and oxygen atoms in total. The summed E-state index contributed by atoms with van der Waals surface area (Å²) in [6, 6.07) is -0.0138. The lowest BCUT2D eigenvalue weighted by Crippen LogP contribution is -2.58. The van der Waals surface area contributed by atoms with E-state index in [0.717, 1.165) is 25.7 Å². The van der Waals surface area contributed by atoms with Gasteiger partial charge in [-0.3, -0.25) is 9.69 Å². The Hall–Kier alpha value is -1.06. The smallest absolute Gasteiger partial charge is 0.324 e. The maximum absolute atomic E-state index is 12.0. The van der Waals surface area contributed by atoms with Crippen molar-refractivity contribution in [2.75, 3.05) is 0 Å². The molecule has 0 aromatic carbocycles. The first-order valence-electron chi connectivity index (χ1n) is 6.22.